The van der Waals surface area contributed by atoms with Crippen LogP contribution in [-0.4, -0.2) is 120 Å². The summed E-state index contributed by atoms with van der Waals surface area (Å²) in [6.07, 6.45) is 6.24. The maximum atomic E-state index is 13.4. The number of allylic oxidation sites excluding steroid dienone is 2. The van der Waals surface area contributed by atoms with Crippen LogP contribution < -0.4 is 0 Å². The van der Waals surface area contributed by atoms with Gasteiger partial charge >= 0.3 is 77.5 Å². The van der Waals surface area contributed by atoms with Gasteiger partial charge in [0.2, 0.25) is 0 Å². The molecule has 0 radical (unpaired) electrons. The van der Waals surface area contributed by atoms with Gasteiger partial charge in [-0.1, -0.05) is 38.1 Å². The average molecular weight is 673 g/mol. The summed E-state index contributed by atoms with van der Waals surface area (Å²) in [5.74, 6) is 0.294. The van der Waals surface area contributed by atoms with Crippen LogP contribution in [0, 0.1) is 11.8 Å². The van der Waals surface area contributed by atoms with Gasteiger partial charge in [0.15, 0.2) is 0 Å². The Morgan fingerprint density at radius 2 is 1.08 bits per heavy atom. The molecule has 0 unspecified atom stereocenters. The molecule has 2 aliphatic heterocycles. The van der Waals surface area contributed by atoms with Gasteiger partial charge in [-0.2, -0.15) is 10.2 Å². The zero-order chi connectivity index (χ0) is 32.7. The summed E-state index contributed by atoms with van der Waals surface area (Å²) >= 11 is 0. The maximum absolute atomic E-state index is 13.4. The van der Waals surface area contributed by atoms with E-state index in [0.717, 1.165) is 45.8 Å². The molecule has 2 aromatic carbocycles. The third kappa shape index (κ3) is 8.09. The zero-order valence-corrected chi connectivity index (χ0v) is 27.1. The first-order chi connectivity index (χ1) is 22.0. The molecule has 0 fully saturated rings. The van der Waals surface area contributed by atoms with E-state index in [-0.39, 0.29) is 83.0 Å². The van der Waals surface area contributed by atoms with Crippen molar-refractivity contribution in [3.05, 3.63) is 72.1 Å². The van der Waals surface area contributed by atoms with Gasteiger partial charge in [-0.3, -0.25) is 19.2 Å². The first-order valence-electron chi connectivity index (χ1n) is 15.9. The Hall–Kier alpha value is -2.93. The fraction of sp³-hybridized carbons (Fsp3) is 0.400. The summed E-state index contributed by atoms with van der Waals surface area (Å²) in [6.45, 7) is 13.0. The van der Waals surface area contributed by atoms with Crippen LogP contribution in [0.15, 0.2) is 60.9 Å². The number of carbonyl (C=O) groups is 3. The van der Waals surface area contributed by atoms with Crippen molar-refractivity contribution in [2.45, 2.75) is 66.5 Å². The Balaban J connectivity index is 0.00000260. The minimum absolute atomic E-state index is 0. The summed E-state index contributed by atoms with van der Waals surface area (Å²) < 4.78 is 14.0. The molecule has 0 bridgehead atoms. The Morgan fingerprint density at radius 3 is 1.46 bits per heavy atom. The van der Waals surface area contributed by atoms with Gasteiger partial charge < -0.3 is 9.47 Å². The van der Waals surface area contributed by atoms with Gasteiger partial charge in [0.1, 0.15) is 0 Å². The molecule has 2 aliphatic rings. The molecular weight excluding hydrogens is 630 g/mol. The second-order valence-electron chi connectivity index (χ2n) is 13.0. The number of hydrogen-bond donors (Lipinski definition) is 0. The summed E-state index contributed by atoms with van der Waals surface area (Å²) in [4.78, 5) is 42.5. The van der Waals surface area contributed by atoms with Crippen molar-refractivity contribution >= 4 is 111 Å². The van der Waals surface area contributed by atoms with Crippen LogP contribution in [0.5, 0.6) is 0 Å². The fourth-order valence-corrected chi connectivity index (χ4v) is 5.92. The normalized spacial score (nSPS) is 17.9. The van der Waals surface area contributed by atoms with Crippen molar-refractivity contribution in [2.24, 2.45) is 11.8 Å². The zero-order valence-electron chi connectivity index (χ0n) is 27.1. The van der Waals surface area contributed by atoms with Gasteiger partial charge in [-0.15, -0.1) is 0 Å². The quantitative estimate of drug-likeness (QED) is 0.135. The van der Waals surface area contributed by atoms with Crippen molar-refractivity contribution in [3.63, 3.8) is 0 Å². The van der Waals surface area contributed by atoms with E-state index in [4.69, 9.17) is 9.47 Å². The van der Waals surface area contributed by atoms with Crippen molar-refractivity contribution < 1.29 is 23.9 Å². The number of carbonyl (C=O) groups excluding carboxylic acids is 3. The van der Waals surface area contributed by atoms with Crippen LogP contribution in [0.25, 0.3) is 33.2 Å². The van der Waals surface area contributed by atoms with Crippen LogP contribution in [-0.2, 0) is 9.47 Å². The first kappa shape index (κ1) is 37.9. The molecular formula is C35H42N6Na2O5. The van der Waals surface area contributed by atoms with Crippen molar-refractivity contribution in [1.82, 2.24) is 29.4 Å². The SMILES string of the molecule is CC(C)n1cc2cc(C3=CC[C@H](C)CN3C(=O)OC(=O)OC(=O)N3C[C@@H](C)CC=C3c3ccc4nn(C(C)C)cc4c3)ccc2n1.[NaH].[NaH]. The van der Waals surface area contributed by atoms with Gasteiger partial charge in [0.25, 0.3) is 0 Å². The minimum atomic E-state index is -1.37. The Morgan fingerprint density at radius 1 is 0.688 bits per heavy atom. The van der Waals surface area contributed by atoms with E-state index in [0.29, 0.717) is 24.5 Å². The van der Waals surface area contributed by atoms with Gasteiger partial charge in [0.05, 0.1) is 22.4 Å². The summed E-state index contributed by atoms with van der Waals surface area (Å²) in [5, 5.41) is 11.1. The molecule has 13 heteroatoms. The van der Waals surface area contributed by atoms with E-state index < -0.39 is 18.3 Å². The second kappa shape index (κ2) is 15.7. The summed E-state index contributed by atoms with van der Waals surface area (Å²) in [6, 6.07) is 12.0. The summed E-state index contributed by atoms with van der Waals surface area (Å²) in [5.41, 5.74) is 4.57. The molecule has 48 heavy (non-hydrogen) atoms. The third-order valence-electron chi connectivity index (χ3n) is 8.47. The van der Waals surface area contributed by atoms with E-state index in [1.54, 1.807) is 0 Å². The second-order valence-corrected chi connectivity index (χ2v) is 13.0. The Kier molecular flexibility index (Phi) is 12.4. The standard InChI is InChI=1S/C35H40N6O5.2Na.2H/c1-21(2)40-19-27-15-25(9-11-29(27)36-40)31-13-7-23(5)17-38(31)33(42)45-35(44)46-34(43)39-18-24(6)8-14-32(39)26-10-12-30-28(16-26)20-41(37-30)22(3)4;;;;/h9-16,19-24H,7-8,17-18H2,1-6H3;;;;/t23-,24-;;;;/m0..../s1. The number of amides is 2. The number of rotatable bonds is 4. The number of benzene rings is 2. The van der Waals surface area contributed by atoms with E-state index in [2.05, 4.69) is 37.9 Å². The van der Waals surface area contributed by atoms with Crippen molar-refractivity contribution in [1.29, 1.82) is 0 Å². The van der Waals surface area contributed by atoms with Crippen LogP contribution >= 0.6 is 0 Å². The van der Waals surface area contributed by atoms with Crippen molar-refractivity contribution in [3.8, 4) is 0 Å². The van der Waals surface area contributed by atoms with E-state index >= 15 is 0 Å². The molecule has 0 saturated carbocycles. The third-order valence-corrected chi connectivity index (χ3v) is 8.47. The van der Waals surface area contributed by atoms with Crippen LogP contribution in [0.3, 0.4) is 0 Å². The first-order valence-corrected chi connectivity index (χ1v) is 15.9. The molecule has 2 atom stereocenters. The molecule has 4 heterocycles. The molecule has 2 amide bonds. The number of ether oxygens (including phenoxy) is 2. The van der Waals surface area contributed by atoms with Gasteiger partial charge in [-0.05, 0) is 87.8 Å². The summed E-state index contributed by atoms with van der Waals surface area (Å²) in [7, 11) is 0. The molecule has 11 nitrogen and oxygen atoms in total. The predicted molar refractivity (Wildman–Crippen MR) is 190 cm³/mol. The number of nitrogens with zero attached hydrogens (tertiary/aromatic N) is 6. The van der Waals surface area contributed by atoms with Gasteiger partial charge in [0, 0.05) is 48.3 Å². The monoisotopic (exact) mass is 672 g/mol. The van der Waals surface area contributed by atoms with E-state index in [1.165, 1.54) is 9.80 Å². The van der Waals surface area contributed by atoms with E-state index in [9.17, 15) is 14.4 Å². The molecule has 4 aromatic rings. The molecule has 0 spiro atoms. The average Bonchev–Trinajstić information content (AvgIpc) is 3.65. The molecule has 0 N–H and O–H groups in total. The number of aromatic nitrogens is 4. The van der Waals surface area contributed by atoms with Crippen LogP contribution in [0.2, 0.25) is 0 Å². The van der Waals surface area contributed by atoms with Crippen LogP contribution in [0.4, 0.5) is 14.4 Å². The van der Waals surface area contributed by atoms with Crippen LogP contribution in [0.1, 0.15) is 77.6 Å². The van der Waals surface area contributed by atoms with Crippen molar-refractivity contribution in [2.75, 3.05) is 13.1 Å². The molecule has 0 aliphatic carbocycles. The molecule has 6 rings (SSSR count). The van der Waals surface area contributed by atoms with Gasteiger partial charge in [-0.25, -0.2) is 14.4 Å². The Labute approximate surface area is 324 Å². The number of hydrogen-bond acceptors (Lipinski definition) is 7. The molecule has 2 aromatic heterocycles. The molecule has 0 saturated heterocycles. The molecule has 244 valence electrons. The topological polar surface area (TPSA) is 112 Å². The van der Waals surface area contributed by atoms with E-state index in [1.807, 2.05) is 84.2 Å². The predicted octanol–water partition coefficient (Wildman–Crippen LogP) is 6.71. The Bertz CT molecular complexity index is 1760. The fourth-order valence-electron chi connectivity index (χ4n) is 5.92. The number of fused-ring (bicyclic) bond motifs is 2.